The van der Waals surface area contributed by atoms with E-state index in [1.165, 1.54) is 6.08 Å². The lowest BCUT2D eigenvalue weighted by Crippen LogP contribution is -2.30. The predicted molar refractivity (Wildman–Crippen MR) is 97.5 cm³/mol. The quantitative estimate of drug-likeness (QED) is 0.804. The standard InChI is InChI=1S/C19H22N4O2/c1-5-19(25)23(12-18-13(2)11-20-21(18)4)16-6-7-17-15(10-16)8-9-22(17)14(3)24/h5-7,10-11H,1,8-9,12H2,2-4H3. The first-order valence-corrected chi connectivity index (χ1v) is 8.24. The van der Waals surface area contributed by atoms with Gasteiger partial charge in [-0.25, -0.2) is 0 Å². The van der Waals surface area contributed by atoms with Crippen LogP contribution in [0.4, 0.5) is 11.4 Å². The molecular weight excluding hydrogens is 316 g/mol. The van der Waals surface area contributed by atoms with E-state index < -0.39 is 0 Å². The van der Waals surface area contributed by atoms with Crippen LogP contribution in [0.1, 0.15) is 23.7 Å². The summed E-state index contributed by atoms with van der Waals surface area (Å²) in [5.74, 6) is -0.127. The van der Waals surface area contributed by atoms with E-state index in [0.29, 0.717) is 13.1 Å². The van der Waals surface area contributed by atoms with Gasteiger partial charge in [0.05, 0.1) is 18.4 Å². The average molecular weight is 338 g/mol. The molecule has 0 bridgehead atoms. The number of aromatic nitrogens is 2. The number of amides is 2. The first-order valence-electron chi connectivity index (χ1n) is 8.24. The van der Waals surface area contributed by atoms with Crippen molar-refractivity contribution in [2.24, 2.45) is 7.05 Å². The molecule has 0 unspecified atom stereocenters. The van der Waals surface area contributed by atoms with E-state index in [9.17, 15) is 9.59 Å². The SMILES string of the molecule is C=CC(=O)N(Cc1c(C)cnn1C)c1ccc2c(c1)CCN2C(C)=O. The Labute approximate surface area is 147 Å². The largest absolute Gasteiger partial charge is 0.312 e. The number of carbonyl (C=O) groups excluding carboxylic acids is 2. The van der Waals surface area contributed by atoms with E-state index in [-0.39, 0.29) is 11.8 Å². The number of carbonyl (C=O) groups is 2. The summed E-state index contributed by atoms with van der Waals surface area (Å²) in [5.41, 5.74) is 4.82. The number of hydrogen-bond acceptors (Lipinski definition) is 3. The Kier molecular flexibility index (Phi) is 4.44. The summed E-state index contributed by atoms with van der Waals surface area (Å²) in [6, 6.07) is 5.79. The number of aryl methyl sites for hydroxylation is 2. The number of benzene rings is 1. The molecule has 0 aliphatic carbocycles. The van der Waals surface area contributed by atoms with Crippen LogP contribution in [-0.4, -0.2) is 28.1 Å². The molecule has 0 saturated carbocycles. The molecule has 2 heterocycles. The second kappa shape index (κ2) is 6.55. The molecule has 2 amide bonds. The lowest BCUT2D eigenvalue weighted by Gasteiger charge is -2.23. The fourth-order valence-corrected chi connectivity index (χ4v) is 3.24. The summed E-state index contributed by atoms with van der Waals surface area (Å²) in [6.45, 7) is 8.28. The monoisotopic (exact) mass is 338 g/mol. The Morgan fingerprint density at radius 2 is 2.16 bits per heavy atom. The minimum atomic E-state index is -0.165. The molecule has 1 aliphatic heterocycles. The lowest BCUT2D eigenvalue weighted by molar-refractivity contribution is -0.116. The van der Waals surface area contributed by atoms with Crippen LogP contribution in [0.15, 0.2) is 37.1 Å². The van der Waals surface area contributed by atoms with E-state index in [2.05, 4.69) is 11.7 Å². The fraction of sp³-hybridized carbons (Fsp3) is 0.316. The maximum atomic E-state index is 12.4. The lowest BCUT2D eigenvalue weighted by atomic mass is 10.1. The van der Waals surface area contributed by atoms with Crippen LogP contribution < -0.4 is 9.80 Å². The molecule has 6 nitrogen and oxygen atoms in total. The molecule has 3 rings (SSSR count). The van der Waals surface area contributed by atoms with Gasteiger partial charge < -0.3 is 9.80 Å². The zero-order chi connectivity index (χ0) is 18.1. The summed E-state index contributed by atoms with van der Waals surface area (Å²) in [5, 5.41) is 4.24. The first-order chi connectivity index (χ1) is 11.9. The van der Waals surface area contributed by atoms with Gasteiger partial charge in [0.1, 0.15) is 0 Å². The average Bonchev–Trinajstić information content (AvgIpc) is 3.15. The van der Waals surface area contributed by atoms with Gasteiger partial charge in [0.2, 0.25) is 5.91 Å². The van der Waals surface area contributed by atoms with Gasteiger partial charge >= 0.3 is 0 Å². The van der Waals surface area contributed by atoms with Crippen LogP contribution >= 0.6 is 0 Å². The highest BCUT2D eigenvalue weighted by molar-refractivity contribution is 6.01. The van der Waals surface area contributed by atoms with E-state index in [4.69, 9.17) is 0 Å². The van der Waals surface area contributed by atoms with Crippen molar-refractivity contribution in [3.8, 4) is 0 Å². The number of nitrogens with zero attached hydrogens (tertiary/aromatic N) is 4. The normalized spacial score (nSPS) is 12.8. The van der Waals surface area contributed by atoms with E-state index in [1.807, 2.05) is 32.2 Å². The number of rotatable bonds is 4. The smallest absolute Gasteiger partial charge is 0.250 e. The highest BCUT2D eigenvalue weighted by Gasteiger charge is 2.24. The van der Waals surface area contributed by atoms with Crippen molar-refractivity contribution in [2.45, 2.75) is 26.8 Å². The molecule has 0 fully saturated rings. The van der Waals surface area contributed by atoms with Crippen molar-refractivity contribution in [3.05, 3.63) is 53.9 Å². The van der Waals surface area contributed by atoms with Crippen molar-refractivity contribution in [1.29, 1.82) is 0 Å². The number of hydrogen-bond donors (Lipinski definition) is 0. The van der Waals surface area contributed by atoms with Gasteiger partial charge in [0.25, 0.3) is 5.91 Å². The Bertz CT molecular complexity index is 834. The van der Waals surface area contributed by atoms with Crippen molar-refractivity contribution in [1.82, 2.24) is 9.78 Å². The van der Waals surface area contributed by atoms with Gasteiger partial charge in [-0.3, -0.25) is 14.3 Å². The van der Waals surface area contributed by atoms with Gasteiger partial charge in [0, 0.05) is 31.9 Å². The Balaban J connectivity index is 1.97. The van der Waals surface area contributed by atoms with Gasteiger partial charge in [-0.2, -0.15) is 5.10 Å². The van der Waals surface area contributed by atoms with Crippen LogP contribution in [0, 0.1) is 6.92 Å². The van der Waals surface area contributed by atoms with Crippen LogP contribution in [0.3, 0.4) is 0 Å². The van der Waals surface area contributed by atoms with Crippen molar-refractivity contribution in [3.63, 3.8) is 0 Å². The zero-order valence-electron chi connectivity index (χ0n) is 14.8. The third-order valence-corrected chi connectivity index (χ3v) is 4.67. The third-order valence-electron chi connectivity index (χ3n) is 4.67. The topological polar surface area (TPSA) is 58.4 Å². The molecule has 6 heteroatoms. The van der Waals surface area contributed by atoms with Crippen LogP contribution in [0.25, 0.3) is 0 Å². The Morgan fingerprint density at radius 1 is 1.40 bits per heavy atom. The molecule has 1 aromatic heterocycles. The second-order valence-electron chi connectivity index (χ2n) is 6.26. The summed E-state index contributed by atoms with van der Waals surface area (Å²) in [6.07, 6.45) is 3.91. The summed E-state index contributed by atoms with van der Waals surface area (Å²) in [4.78, 5) is 27.6. The summed E-state index contributed by atoms with van der Waals surface area (Å²) in [7, 11) is 1.87. The summed E-state index contributed by atoms with van der Waals surface area (Å²) >= 11 is 0. The van der Waals surface area contributed by atoms with Crippen LogP contribution in [0.2, 0.25) is 0 Å². The number of anilines is 2. The molecule has 0 spiro atoms. The van der Waals surface area contributed by atoms with Crippen LogP contribution in [-0.2, 0) is 29.6 Å². The van der Waals surface area contributed by atoms with E-state index in [1.54, 1.807) is 27.6 Å². The zero-order valence-corrected chi connectivity index (χ0v) is 14.8. The van der Waals surface area contributed by atoms with Gasteiger partial charge in [0.15, 0.2) is 0 Å². The Hall–Kier alpha value is -2.89. The Morgan fingerprint density at radius 3 is 2.76 bits per heavy atom. The maximum Gasteiger partial charge on any atom is 0.250 e. The molecule has 0 radical (unpaired) electrons. The molecule has 0 atom stereocenters. The van der Waals surface area contributed by atoms with Crippen molar-refractivity contribution in [2.75, 3.05) is 16.3 Å². The van der Waals surface area contributed by atoms with Gasteiger partial charge in [-0.05, 0) is 48.7 Å². The first kappa shape index (κ1) is 17.0. The minimum absolute atomic E-state index is 0.0380. The van der Waals surface area contributed by atoms with Crippen molar-refractivity contribution < 1.29 is 9.59 Å². The molecule has 25 heavy (non-hydrogen) atoms. The van der Waals surface area contributed by atoms with E-state index in [0.717, 1.165) is 34.6 Å². The van der Waals surface area contributed by atoms with Gasteiger partial charge in [-0.15, -0.1) is 0 Å². The third kappa shape index (κ3) is 3.07. The summed E-state index contributed by atoms with van der Waals surface area (Å²) < 4.78 is 1.78. The molecule has 1 aliphatic rings. The highest BCUT2D eigenvalue weighted by atomic mass is 16.2. The van der Waals surface area contributed by atoms with Gasteiger partial charge in [-0.1, -0.05) is 6.58 Å². The number of fused-ring (bicyclic) bond motifs is 1. The molecule has 0 saturated heterocycles. The molecule has 2 aromatic rings. The molecule has 0 N–H and O–H groups in total. The molecular formula is C19H22N4O2. The highest BCUT2D eigenvalue weighted by Crippen LogP contribution is 2.32. The fourth-order valence-electron chi connectivity index (χ4n) is 3.24. The molecule has 130 valence electrons. The molecule has 1 aromatic carbocycles. The van der Waals surface area contributed by atoms with E-state index >= 15 is 0 Å². The predicted octanol–water partition coefficient (Wildman–Crippen LogP) is 2.36. The van der Waals surface area contributed by atoms with Crippen LogP contribution in [0.5, 0.6) is 0 Å². The second-order valence-corrected chi connectivity index (χ2v) is 6.26. The maximum absolute atomic E-state index is 12.4. The minimum Gasteiger partial charge on any atom is -0.312 e. The van der Waals surface area contributed by atoms with Crippen molar-refractivity contribution >= 4 is 23.2 Å².